The number of carbonyl (C=O) groups excluding carboxylic acids is 1. The molecule has 0 amide bonds. The van der Waals surface area contributed by atoms with Crippen molar-refractivity contribution in [3.05, 3.63) is 46.7 Å². The van der Waals surface area contributed by atoms with E-state index in [9.17, 15) is 4.79 Å². The number of rotatable bonds is 2. The fraction of sp³-hybridized carbons (Fsp3) is 0.308. The van der Waals surface area contributed by atoms with Gasteiger partial charge in [0.25, 0.3) is 0 Å². The summed E-state index contributed by atoms with van der Waals surface area (Å²) in [4.78, 5) is 12.0. The topological polar surface area (TPSA) is 26.3 Å². The molecule has 2 rings (SSSR count). The van der Waals surface area contributed by atoms with Crippen LogP contribution in [0.2, 0.25) is 0 Å². The summed E-state index contributed by atoms with van der Waals surface area (Å²) in [6.07, 6.45) is 2.31. The summed E-state index contributed by atoms with van der Waals surface area (Å²) in [6, 6.07) is 5.90. The highest BCUT2D eigenvalue weighted by Gasteiger charge is 2.17. The first-order chi connectivity index (χ1) is 7.18. The Labute approximate surface area is 89.6 Å². The van der Waals surface area contributed by atoms with Gasteiger partial charge in [-0.25, -0.2) is 0 Å². The number of ether oxygens (including phenoxy) is 1. The normalized spacial score (nSPS) is 14.7. The number of hydrogen-bond acceptors (Lipinski definition) is 2. The summed E-state index contributed by atoms with van der Waals surface area (Å²) >= 11 is 0. The predicted molar refractivity (Wildman–Crippen MR) is 58.9 cm³/mol. The molecule has 78 valence electrons. The van der Waals surface area contributed by atoms with Crippen molar-refractivity contribution in [2.75, 3.05) is 6.61 Å². The Morgan fingerprint density at radius 1 is 1.33 bits per heavy atom. The Balaban J connectivity index is 2.33. The maximum absolute atomic E-state index is 12.0. The Kier molecular flexibility index (Phi) is 2.58. The molecule has 1 aromatic rings. The van der Waals surface area contributed by atoms with Gasteiger partial charge in [0.05, 0.1) is 12.9 Å². The van der Waals surface area contributed by atoms with Gasteiger partial charge in [0.2, 0.25) is 0 Å². The molecule has 0 radical (unpaired) electrons. The van der Waals surface area contributed by atoms with Gasteiger partial charge in [0, 0.05) is 17.6 Å². The second kappa shape index (κ2) is 3.89. The molecular weight excluding hydrogens is 188 g/mol. The van der Waals surface area contributed by atoms with Crippen molar-refractivity contribution in [1.29, 1.82) is 0 Å². The fourth-order valence-corrected chi connectivity index (χ4v) is 1.80. The van der Waals surface area contributed by atoms with Crippen LogP contribution in [-0.4, -0.2) is 12.4 Å². The van der Waals surface area contributed by atoms with Crippen molar-refractivity contribution >= 4 is 5.78 Å². The van der Waals surface area contributed by atoms with Crippen LogP contribution in [0.1, 0.15) is 27.9 Å². The third kappa shape index (κ3) is 1.94. The number of Topliss-reactive ketones (excluding diaryl/α,β-unsaturated/α-hetero) is 1. The second-order valence-electron chi connectivity index (χ2n) is 3.91. The molecule has 0 atom stereocenters. The molecule has 2 heteroatoms. The van der Waals surface area contributed by atoms with E-state index in [2.05, 4.69) is 0 Å². The lowest BCUT2D eigenvalue weighted by atomic mass is 9.97. The first kappa shape index (κ1) is 9.97. The molecule has 2 nitrogen and oxygen atoms in total. The van der Waals surface area contributed by atoms with Gasteiger partial charge >= 0.3 is 0 Å². The van der Waals surface area contributed by atoms with E-state index in [0.29, 0.717) is 6.61 Å². The van der Waals surface area contributed by atoms with Crippen molar-refractivity contribution in [1.82, 2.24) is 0 Å². The minimum absolute atomic E-state index is 0.102. The molecule has 0 N–H and O–H groups in total. The van der Waals surface area contributed by atoms with E-state index >= 15 is 0 Å². The summed E-state index contributed by atoms with van der Waals surface area (Å²) in [7, 11) is 0. The van der Waals surface area contributed by atoms with E-state index in [4.69, 9.17) is 4.74 Å². The van der Waals surface area contributed by atoms with Crippen LogP contribution >= 0.6 is 0 Å². The van der Waals surface area contributed by atoms with E-state index in [1.165, 1.54) is 5.56 Å². The molecule has 0 unspecified atom stereocenters. The fourth-order valence-electron chi connectivity index (χ4n) is 1.80. The van der Waals surface area contributed by atoms with Gasteiger partial charge in [0.15, 0.2) is 5.78 Å². The molecule has 1 heterocycles. The van der Waals surface area contributed by atoms with Crippen molar-refractivity contribution in [2.24, 2.45) is 0 Å². The molecular formula is C13H14O2. The predicted octanol–water partition coefficient (Wildman–Crippen LogP) is 2.79. The number of ketones is 1. The molecule has 0 spiro atoms. The number of aryl methyl sites for hydroxylation is 2. The van der Waals surface area contributed by atoms with Crippen LogP contribution in [0.25, 0.3) is 0 Å². The van der Waals surface area contributed by atoms with Gasteiger partial charge in [0.1, 0.15) is 0 Å². The molecule has 0 bridgehead atoms. The number of hydrogen-bond donors (Lipinski definition) is 0. The molecule has 0 aromatic heterocycles. The molecule has 1 aliphatic heterocycles. The Morgan fingerprint density at radius 2 is 2.13 bits per heavy atom. The van der Waals surface area contributed by atoms with Crippen molar-refractivity contribution in [3.8, 4) is 0 Å². The van der Waals surface area contributed by atoms with E-state index < -0.39 is 0 Å². The van der Waals surface area contributed by atoms with Crippen LogP contribution in [0.4, 0.5) is 0 Å². The molecule has 0 saturated carbocycles. The van der Waals surface area contributed by atoms with Gasteiger partial charge in [-0.05, 0) is 19.4 Å². The third-order valence-electron chi connectivity index (χ3n) is 2.63. The highest BCUT2D eigenvalue weighted by atomic mass is 16.5. The van der Waals surface area contributed by atoms with E-state index in [0.717, 1.165) is 23.1 Å². The van der Waals surface area contributed by atoms with E-state index in [1.807, 2.05) is 32.0 Å². The number of benzene rings is 1. The maximum atomic E-state index is 12.0. The summed E-state index contributed by atoms with van der Waals surface area (Å²) in [5.41, 5.74) is 3.79. The monoisotopic (exact) mass is 202 g/mol. The standard InChI is InChI=1S/C13H14O2/c1-9-3-4-12(10(2)7-9)13(14)11-5-6-15-8-11/h3-4,7-8H,5-6H2,1-2H3. The summed E-state index contributed by atoms with van der Waals surface area (Å²) in [5, 5.41) is 0. The minimum atomic E-state index is 0.102. The lowest BCUT2D eigenvalue weighted by molar-refractivity contribution is 0.103. The highest BCUT2D eigenvalue weighted by Crippen LogP contribution is 2.19. The van der Waals surface area contributed by atoms with Gasteiger partial charge in [-0.1, -0.05) is 23.8 Å². The quantitative estimate of drug-likeness (QED) is 0.689. The largest absolute Gasteiger partial charge is 0.500 e. The summed E-state index contributed by atoms with van der Waals surface area (Å²) in [6.45, 7) is 4.63. The van der Waals surface area contributed by atoms with Crippen LogP contribution < -0.4 is 0 Å². The number of carbonyl (C=O) groups is 1. The van der Waals surface area contributed by atoms with Crippen LogP contribution in [0.3, 0.4) is 0 Å². The highest BCUT2D eigenvalue weighted by molar-refractivity contribution is 6.09. The average molecular weight is 202 g/mol. The van der Waals surface area contributed by atoms with Crippen molar-refractivity contribution < 1.29 is 9.53 Å². The minimum Gasteiger partial charge on any atom is -0.500 e. The summed E-state index contributed by atoms with van der Waals surface area (Å²) in [5.74, 6) is 0.102. The first-order valence-electron chi connectivity index (χ1n) is 5.11. The van der Waals surface area contributed by atoms with E-state index in [1.54, 1.807) is 6.26 Å². The zero-order chi connectivity index (χ0) is 10.8. The molecule has 15 heavy (non-hydrogen) atoms. The Morgan fingerprint density at radius 3 is 2.73 bits per heavy atom. The average Bonchev–Trinajstić information content (AvgIpc) is 2.69. The molecule has 0 saturated heterocycles. The van der Waals surface area contributed by atoms with Crippen molar-refractivity contribution in [3.63, 3.8) is 0 Å². The van der Waals surface area contributed by atoms with Gasteiger partial charge in [-0.3, -0.25) is 4.79 Å². The Hall–Kier alpha value is -1.57. The van der Waals surface area contributed by atoms with Gasteiger partial charge < -0.3 is 4.74 Å². The van der Waals surface area contributed by atoms with Crippen LogP contribution in [-0.2, 0) is 4.74 Å². The van der Waals surface area contributed by atoms with Crippen LogP contribution in [0.5, 0.6) is 0 Å². The van der Waals surface area contributed by atoms with Gasteiger partial charge in [-0.15, -0.1) is 0 Å². The van der Waals surface area contributed by atoms with Gasteiger partial charge in [-0.2, -0.15) is 0 Å². The van der Waals surface area contributed by atoms with Crippen LogP contribution in [0, 0.1) is 13.8 Å². The van der Waals surface area contributed by atoms with Crippen LogP contribution in [0.15, 0.2) is 30.0 Å². The molecule has 1 aliphatic rings. The summed E-state index contributed by atoms with van der Waals surface area (Å²) < 4.78 is 5.08. The molecule has 1 aromatic carbocycles. The lowest BCUT2D eigenvalue weighted by Gasteiger charge is -2.05. The third-order valence-corrected chi connectivity index (χ3v) is 2.63. The SMILES string of the molecule is Cc1ccc(C(=O)C2=COCC2)c(C)c1. The Bertz CT molecular complexity index is 430. The smallest absolute Gasteiger partial charge is 0.192 e. The molecule has 0 aliphatic carbocycles. The maximum Gasteiger partial charge on any atom is 0.192 e. The zero-order valence-electron chi connectivity index (χ0n) is 9.04. The lowest BCUT2D eigenvalue weighted by Crippen LogP contribution is -2.04. The van der Waals surface area contributed by atoms with Crippen molar-refractivity contribution in [2.45, 2.75) is 20.3 Å². The zero-order valence-corrected chi connectivity index (χ0v) is 9.04. The second-order valence-corrected chi connectivity index (χ2v) is 3.91. The first-order valence-corrected chi connectivity index (χ1v) is 5.11. The molecule has 0 fully saturated rings. The van der Waals surface area contributed by atoms with E-state index in [-0.39, 0.29) is 5.78 Å².